The number of carbonyl (C=O) groups is 1. The Morgan fingerprint density at radius 3 is 1.63 bits per heavy atom. The van der Waals surface area contributed by atoms with Crippen LogP contribution < -0.4 is 4.74 Å². The van der Waals surface area contributed by atoms with Gasteiger partial charge in [0.05, 0.1) is 6.61 Å². The van der Waals surface area contributed by atoms with Crippen LogP contribution in [-0.4, -0.2) is 12.4 Å². The molecule has 0 saturated carbocycles. The summed E-state index contributed by atoms with van der Waals surface area (Å²) in [7, 11) is 0. The van der Waals surface area contributed by atoms with E-state index in [4.69, 9.17) is 4.74 Å². The van der Waals surface area contributed by atoms with E-state index < -0.39 is 0 Å². The number of hydrogen-bond donors (Lipinski definition) is 0. The van der Waals surface area contributed by atoms with Gasteiger partial charge < -0.3 is 4.74 Å². The molecule has 0 unspecified atom stereocenters. The van der Waals surface area contributed by atoms with E-state index in [1.54, 1.807) is 6.08 Å². The molecule has 0 N–H and O–H groups in total. The third-order valence-corrected chi connectivity index (χ3v) is 6.63. The third kappa shape index (κ3) is 14.6. The molecule has 0 aliphatic rings. The van der Waals surface area contributed by atoms with Crippen molar-refractivity contribution < 1.29 is 9.53 Å². The van der Waals surface area contributed by atoms with Crippen molar-refractivity contribution in [2.75, 3.05) is 6.61 Å². The first-order chi connectivity index (χ1) is 17.3. The van der Waals surface area contributed by atoms with Crippen LogP contribution in [-0.2, 0) is 0 Å². The second-order valence-electron chi connectivity index (χ2n) is 9.78. The van der Waals surface area contributed by atoms with Gasteiger partial charge in [-0.3, -0.25) is 4.79 Å². The molecule has 0 atom stereocenters. The molecule has 0 aliphatic carbocycles. The molecule has 0 heterocycles. The quantitative estimate of drug-likeness (QED) is 0.102. The van der Waals surface area contributed by atoms with Crippen molar-refractivity contribution in [3.05, 3.63) is 71.8 Å². The smallest absolute Gasteiger partial charge is 0.185 e. The van der Waals surface area contributed by atoms with Crippen molar-refractivity contribution in [1.82, 2.24) is 0 Å². The Morgan fingerprint density at radius 2 is 1.11 bits per heavy atom. The molecular weight excluding hydrogens is 428 g/mol. The van der Waals surface area contributed by atoms with E-state index in [2.05, 4.69) is 6.92 Å². The summed E-state index contributed by atoms with van der Waals surface area (Å²) in [6.07, 6.45) is 25.5. The zero-order valence-corrected chi connectivity index (χ0v) is 22.2. The summed E-state index contributed by atoms with van der Waals surface area (Å²) in [6.45, 7) is 3.04. The summed E-state index contributed by atoms with van der Waals surface area (Å²) < 4.78 is 5.86. The second-order valence-corrected chi connectivity index (χ2v) is 9.78. The van der Waals surface area contributed by atoms with E-state index in [0.717, 1.165) is 24.3 Å². The van der Waals surface area contributed by atoms with Gasteiger partial charge in [-0.1, -0.05) is 140 Å². The van der Waals surface area contributed by atoms with Crippen molar-refractivity contribution in [1.29, 1.82) is 0 Å². The number of benzene rings is 2. The zero-order valence-electron chi connectivity index (χ0n) is 22.2. The number of carbonyl (C=O) groups excluding carboxylic acids is 1. The van der Waals surface area contributed by atoms with Gasteiger partial charge in [0.15, 0.2) is 5.78 Å². The lowest BCUT2D eigenvalue weighted by molar-refractivity contribution is 0.104. The fourth-order valence-electron chi connectivity index (χ4n) is 4.39. The average molecular weight is 477 g/mol. The SMILES string of the molecule is CCCCCCCCCCCCCCCCCCOc1ccc(C(=O)C=Cc2ccccc2)cc1. The highest BCUT2D eigenvalue weighted by Crippen LogP contribution is 2.16. The topological polar surface area (TPSA) is 26.3 Å². The number of ketones is 1. The fraction of sp³-hybridized carbons (Fsp3) is 0.545. The van der Waals surface area contributed by atoms with Gasteiger partial charge in [-0.15, -0.1) is 0 Å². The van der Waals surface area contributed by atoms with Gasteiger partial charge in [-0.25, -0.2) is 0 Å². The molecule has 2 aromatic carbocycles. The van der Waals surface area contributed by atoms with Gasteiger partial charge in [0, 0.05) is 5.56 Å². The molecule has 2 nitrogen and oxygen atoms in total. The molecule has 2 rings (SSSR count). The summed E-state index contributed by atoms with van der Waals surface area (Å²) >= 11 is 0. The Labute approximate surface area is 215 Å². The van der Waals surface area contributed by atoms with Crippen molar-refractivity contribution >= 4 is 11.9 Å². The first kappa shape index (κ1) is 28.9. The predicted molar refractivity (Wildman–Crippen MR) is 151 cm³/mol. The van der Waals surface area contributed by atoms with E-state index in [-0.39, 0.29) is 5.78 Å². The lowest BCUT2D eigenvalue weighted by Gasteiger charge is -2.07. The third-order valence-electron chi connectivity index (χ3n) is 6.63. The maximum atomic E-state index is 12.3. The molecule has 0 aliphatic heterocycles. The Kier molecular flexibility index (Phi) is 16.4. The first-order valence-corrected chi connectivity index (χ1v) is 14.3. The highest BCUT2D eigenvalue weighted by molar-refractivity contribution is 6.06. The molecule has 0 amide bonds. The van der Waals surface area contributed by atoms with E-state index in [0.29, 0.717) is 5.56 Å². The Morgan fingerprint density at radius 1 is 0.629 bits per heavy atom. The standard InChI is InChI=1S/C33H48O2/c1-2-3-4-5-6-7-8-9-10-11-12-13-14-15-16-20-29-35-32-26-24-31(25-27-32)33(34)28-23-30-21-18-17-19-22-30/h17-19,21-28H,2-16,20,29H2,1H3. The van der Waals surface area contributed by atoms with E-state index in [9.17, 15) is 4.79 Å². The van der Waals surface area contributed by atoms with Crippen molar-refractivity contribution in [3.8, 4) is 5.75 Å². The normalized spacial score (nSPS) is 11.2. The average Bonchev–Trinajstić information content (AvgIpc) is 2.90. The molecule has 0 aromatic heterocycles. The highest BCUT2D eigenvalue weighted by atomic mass is 16.5. The second kappa shape index (κ2) is 19.9. The monoisotopic (exact) mass is 476 g/mol. The van der Waals surface area contributed by atoms with Crippen LogP contribution >= 0.6 is 0 Å². The maximum absolute atomic E-state index is 12.3. The molecule has 0 bridgehead atoms. The van der Waals surface area contributed by atoms with Crippen LogP contribution in [0.25, 0.3) is 6.08 Å². The number of rotatable bonds is 21. The van der Waals surface area contributed by atoms with Crippen LogP contribution in [0, 0.1) is 0 Å². The van der Waals surface area contributed by atoms with Crippen molar-refractivity contribution in [2.24, 2.45) is 0 Å². The predicted octanol–water partition coefficient (Wildman–Crippen LogP) is 10.2. The van der Waals surface area contributed by atoms with Crippen LogP contribution in [0.4, 0.5) is 0 Å². The maximum Gasteiger partial charge on any atom is 0.185 e. The van der Waals surface area contributed by atoms with Crippen LogP contribution in [0.5, 0.6) is 5.75 Å². The highest BCUT2D eigenvalue weighted by Gasteiger charge is 2.02. The largest absolute Gasteiger partial charge is 0.494 e. The zero-order chi connectivity index (χ0) is 24.8. The molecule has 0 fully saturated rings. The molecule has 0 spiro atoms. The molecule has 2 aromatic rings. The molecule has 2 heteroatoms. The number of ether oxygens (including phenoxy) is 1. The molecular formula is C33H48O2. The molecule has 35 heavy (non-hydrogen) atoms. The van der Waals surface area contributed by atoms with E-state index >= 15 is 0 Å². The minimum Gasteiger partial charge on any atom is -0.494 e. The van der Waals surface area contributed by atoms with E-state index in [1.807, 2.05) is 60.7 Å². The summed E-state index contributed by atoms with van der Waals surface area (Å²) in [4.78, 5) is 12.3. The molecule has 0 radical (unpaired) electrons. The van der Waals surface area contributed by atoms with Crippen LogP contribution in [0.1, 0.15) is 126 Å². The Hall–Kier alpha value is -2.35. The number of unbranched alkanes of at least 4 members (excludes halogenated alkanes) is 15. The summed E-state index contributed by atoms with van der Waals surface area (Å²) in [5.74, 6) is 0.854. The van der Waals surface area contributed by atoms with E-state index in [1.165, 1.54) is 96.3 Å². The van der Waals surface area contributed by atoms with Gasteiger partial charge in [-0.05, 0) is 42.3 Å². The van der Waals surface area contributed by atoms with Crippen molar-refractivity contribution in [2.45, 2.75) is 110 Å². The number of allylic oxidation sites excluding steroid dienone is 1. The molecule has 0 saturated heterocycles. The van der Waals surface area contributed by atoms with Gasteiger partial charge in [-0.2, -0.15) is 0 Å². The first-order valence-electron chi connectivity index (χ1n) is 14.3. The summed E-state index contributed by atoms with van der Waals surface area (Å²) in [5.41, 5.74) is 1.71. The lowest BCUT2D eigenvalue weighted by Crippen LogP contribution is -1.99. The number of hydrogen-bond acceptors (Lipinski definition) is 2. The minimum atomic E-state index is 0.0122. The van der Waals surface area contributed by atoms with Gasteiger partial charge in [0.2, 0.25) is 0 Å². The molecule has 192 valence electrons. The fourth-order valence-corrected chi connectivity index (χ4v) is 4.39. The van der Waals surface area contributed by atoms with Crippen LogP contribution in [0.2, 0.25) is 0 Å². The van der Waals surface area contributed by atoms with Gasteiger partial charge >= 0.3 is 0 Å². The van der Waals surface area contributed by atoms with Crippen LogP contribution in [0.3, 0.4) is 0 Å². The van der Waals surface area contributed by atoms with Crippen molar-refractivity contribution in [3.63, 3.8) is 0 Å². The summed E-state index contributed by atoms with van der Waals surface area (Å²) in [6, 6.07) is 17.4. The lowest BCUT2D eigenvalue weighted by atomic mass is 10.0. The Balaban J connectivity index is 1.41. The Bertz CT molecular complexity index is 792. The van der Waals surface area contributed by atoms with Gasteiger partial charge in [0.25, 0.3) is 0 Å². The van der Waals surface area contributed by atoms with Gasteiger partial charge in [0.1, 0.15) is 5.75 Å². The summed E-state index contributed by atoms with van der Waals surface area (Å²) in [5, 5.41) is 0. The minimum absolute atomic E-state index is 0.0122. The van der Waals surface area contributed by atoms with Crippen LogP contribution in [0.15, 0.2) is 60.7 Å².